The largest absolute Gasteiger partial charge is 0.368 e. The number of imidazole rings is 1. The number of carbonyl (C=O) groups excluding carboxylic acids is 1. The van der Waals surface area contributed by atoms with Crippen molar-refractivity contribution in [3.05, 3.63) is 30.1 Å². The van der Waals surface area contributed by atoms with Gasteiger partial charge < -0.3 is 19.9 Å². The topological polar surface area (TPSA) is 68.2 Å². The highest BCUT2D eigenvalue weighted by atomic mass is 16.5. The van der Waals surface area contributed by atoms with Crippen LogP contribution in [0.15, 0.2) is 24.3 Å². The molecule has 0 radical (unpaired) electrons. The van der Waals surface area contributed by atoms with Crippen molar-refractivity contribution in [3.8, 4) is 0 Å². The molecule has 1 aliphatic heterocycles. The number of carbonyl (C=O) groups is 1. The lowest BCUT2D eigenvalue weighted by molar-refractivity contribution is -0.146. The van der Waals surface area contributed by atoms with E-state index in [2.05, 4.69) is 26.3 Å². The number of piperidine rings is 1. The number of benzene rings is 1. The fourth-order valence-electron chi connectivity index (χ4n) is 3.38. The van der Waals surface area contributed by atoms with Crippen LogP contribution < -0.4 is 10.6 Å². The first-order valence-corrected chi connectivity index (χ1v) is 8.61. The van der Waals surface area contributed by atoms with Crippen LogP contribution in [0.25, 0.3) is 11.0 Å². The van der Waals surface area contributed by atoms with Gasteiger partial charge in [-0.05, 0) is 44.5 Å². The molecule has 0 spiro atoms. The van der Waals surface area contributed by atoms with Crippen LogP contribution in [0.4, 0.5) is 0 Å². The summed E-state index contributed by atoms with van der Waals surface area (Å²) in [6, 6.07) is 8.13. The van der Waals surface area contributed by atoms with Gasteiger partial charge in [0, 0.05) is 27.1 Å². The summed E-state index contributed by atoms with van der Waals surface area (Å²) < 4.78 is 7.67. The number of hydrogen-bond acceptors (Lipinski definition) is 4. The fourth-order valence-corrected chi connectivity index (χ4v) is 3.38. The summed E-state index contributed by atoms with van der Waals surface area (Å²) in [5.41, 5.74) is 1.50. The number of hydrogen-bond donors (Lipinski definition) is 2. The molecule has 24 heavy (non-hydrogen) atoms. The van der Waals surface area contributed by atoms with Crippen LogP contribution in [0.3, 0.4) is 0 Å². The molecule has 0 bridgehead atoms. The summed E-state index contributed by atoms with van der Waals surface area (Å²) >= 11 is 0. The highest BCUT2D eigenvalue weighted by Gasteiger charge is 2.39. The zero-order valence-electron chi connectivity index (χ0n) is 14.5. The molecule has 1 amide bonds. The Labute approximate surface area is 142 Å². The minimum atomic E-state index is -0.664. The van der Waals surface area contributed by atoms with Gasteiger partial charge in [-0.1, -0.05) is 12.1 Å². The lowest BCUT2D eigenvalue weighted by Gasteiger charge is -2.34. The Hall–Kier alpha value is -1.92. The maximum atomic E-state index is 12.5. The molecular formula is C18H26N4O2. The van der Waals surface area contributed by atoms with Gasteiger partial charge in [-0.2, -0.15) is 0 Å². The van der Waals surface area contributed by atoms with Gasteiger partial charge >= 0.3 is 0 Å². The van der Waals surface area contributed by atoms with E-state index in [1.807, 2.05) is 25.2 Å². The zero-order valence-corrected chi connectivity index (χ0v) is 14.5. The number of rotatable bonds is 6. The first kappa shape index (κ1) is 16.9. The molecule has 2 heterocycles. The van der Waals surface area contributed by atoms with Gasteiger partial charge in [0.25, 0.3) is 5.91 Å². The van der Waals surface area contributed by atoms with Crippen LogP contribution in [-0.2, 0) is 23.0 Å². The second kappa shape index (κ2) is 7.32. The summed E-state index contributed by atoms with van der Waals surface area (Å²) in [6.45, 7) is 2.28. The van der Waals surface area contributed by atoms with E-state index >= 15 is 0 Å². The van der Waals surface area contributed by atoms with Crippen molar-refractivity contribution in [3.63, 3.8) is 0 Å². The quantitative estimate of drug-likeness (QED) is 0.786. The van der Waals surface area contributed by atoms with Crippen molar-refractivity contribution in [2.75, 3.05) is 26.7 Å². The lowest BCUT2D eigenvalue weighted by atomic mass is 9.91. The van der Waals surface area contributed by atoms with E-state index in [4.69, 9.17) is 4.74 Å². The minimum Gasteiger partial charge on any atom is -0.368 e. The minimum absolute atomic E-state index is 0.0106. The van der Waals surface area contributed by atoms with Crippen LogP contribution in [0, 0.1) is 0 Å². The van der Waals surface area contributed by atoms with E-state index in [9.17, 15) is 4.79 Å². The maximum absolute atomic E-state index is 12.5. The number of aromatic nitrogens is 2. The van der Waals surface area contributed by atoms with Crippen molar-refractivity contribution >= 4 is 16.9 Å². The monoisotopic (exact) mass is 330 g/mol. The molecule has 3 rings (SSSR count). The van der Waals surface area contributed by atoms with Gasteiger partial charge in [0.1, 0.15) is 11.4 Å². The van der Waals surface area contributed by atoms with Gasteiger partial charge in [-0.3, -0.25) is 4.79 Å². The van der Waals surface area contributed by atoms with Crippen molar-refractivity contribution in [1.82, 2.24) is 20.2 Å². The Bertz CT molecular complexity index is 704. The number of amides is 1. The maximum Gasteiger partial charge on any atom is 0.252 e. The number of aryl methyl sites for hydroxylation is 2. The molecule has 0 saturated carbocycles. The highest BCUT2D eigenvalue weighted by Crippen LogP contribution is 2.22. The second-order valence-corrected chi connectivity index (χ2v) is 6.38. The summed E-state index contributed by atoms with van der Waals surface area (Å²) in [4.78, 5) is 17.2. The number of fused-ring (bicyclic) bond motifs is 1. The SMILES string of the molecule is COC1(C(=O)NCCCc2nc3ccccc3n2C)CCNCC1. The van der Waals surface area contributed by atoms with E-state index in [0.29, 0.717) is 6.54 Å². The summed E-state index contributed by atoms with van der Waals surface area (Å²) in [5.74, 6) is 1.06. The van der Waals surface area contributed by atoms with Gasteiger partial charge in [0.15, 0.2) is 0 Å². The molecule has 1 aromatic carbocycles. The van der Waals surface area contributed by atoms with E-state index in [-0.39, 0.29) is 5.91 Å². The van der Waals surface area contributed by atoms with Crippen LogP contribution in [0.5, 0.6) is 0 Å². The van der Waals surface area contributed by atoms with Crippen LogP contribution in [-0.4, -0.2) is 47.8 Å². The molecule has 1 aromatic heterocycles. The lowest BCUT2D eigenvalue weighted by Crippen LogP contribution is -2.54. The Morgan fingerprint density at radius 3 is 2.83 bits per heavy atom. The van der Waals surface area contributed by atoms with Gasteiger partial charge in [-0.15, -0.1) is 0 Å². The summed E-state index contributed by atoms with van der Waals surface area (Å²) in [6.07, 6.45) is 3.15. The highest BCUT2D eigenvalue weighted by molar-refractivity contribution is 5.85. The molecule has 1 saturated heterocycles. The molecule has 2 N–H and O–H groups in total. The summed E-state index contributed by atoms with van der Waals surface area (Å²) in [7, 11) is 3.67. The Morgan fingerprint density at radius 2 is 2.12 bits per heavy atom. The molecular weight excluding hydrogens is 304 g/mol. The van der Waals surface area contributed by atoms with E-state index in [1.54, 1.807) is 7.11 Å². The zero-order chi connectivity index (χ0) is 17.0. The Morgan fingerprint density at radius 1 is 1.38 bits per heavy atom. The number of nitrogens with one attached hydrogen (secondary N) is 2. The van der Waals surface area contributed by atoms with E-state index in [1.165, 1.54) is 0 Å². The van der Waals surface area contributed by atoms with Gasteiger partial charge in [0.2, 0.25) is 0 Å². The first-order valence-electron chi connectivity index (χ1n) is 8.61. The smallest absolute Gasteiger partial charge is 0.252 e. The van der Waals surface area contributed by atoms with E-state index < -0.39 is 5.60 Å². The van der Waals surface area contributed by atoms with Gasteiger partial charge in [0.05, 0.1) is 11.0 Å². The third kappa shape index (κ3) is 3.30. The van der Waals surface area contributed by atoms with Crippen LogP contribution in [0.2, 0.25) is 0 Å². The van der Waals surface area contributed by atoms with Crippen molar-refractivity contribution in [1.29, 1.82) is 0 Å². The number of methoxy groups -OCH3 is 1. The average Bonchev–Trinajstić information content (AvgIpc) is 2.95. The third-order valence-electron chi connectivity index (χ3n) is 4.96. The number of para-hydroxylation sites is 2. The molecule has 0 aliphatic carbocycles. The van der Waals surface area contributed by atoms with Crippen molar-refractivity contribution in [2.24, 2.45) is 7.05 Å². The van der Waals surface area contributed by atoms with Gasteiger partial charge in [-0.25, -0.2) is 4.98 Å². The number of nitrogens with zero attached hydrogens (tertiary/aromatic N) is 2. The molecule has 1 fully saturated rings. The fraction of sp³-hybridized carbons (Fsp3) is 0.556. The second-order valence-electron chi connectivity index (χ2n) is 6.38. The third-order valence-corrected chi connectivity index (χ3v) is 4.96. The van der Waals surface area contributed by atoms with Crippen molar-refractivity contribution in [2.45, 2.75) is 31.3 Å². The number of ether oxygens (including phenoxy) is 1. The molecule has 6 nitrogen and oxygen atoms in total. The normalized spacial score (nSPS) is 17.1. The molecule has 6 heteroatoms. The van der Waals surface area contributed by atoms with Crippen molar-refractivity contribution < 1.29 is 9.53 Å². The average molecular weight is 330 g/mol. The predicted molar refractivity (Wildman–Crippen MR) is 93.9 cm³/mol. The standard InChI is InChI=1S/C18H26N4O2/c1-22-15-7-4-3-6-14(15)21-16(22)8-5-11-20-17(23)18(24-2)9-12-19-13-10-18/h3-4,6-7,19H,5,8-13H2,1-2H3,(H,20,23). The molecule has 1 aliphatic rings. The van der Waals surface area contributed by atoms with E-state index in [0.717, 1.165) is 55.6 Å². The Balaban J connectivity index is 1.52. The molecule has 2 aromatic rings. The molecule has 0 atom stereocenters. The Kier molecular flexibility index (Phi) is 5.16. The predicted octanol–water partition coefficient (Wildman–Crippen LogP) is 1.39. The van der Waals surface area contributed by atoms with Crippen LogP contribution >= 0.6 is 0 Å². The summed E-state index contributed by atoms with van der Waals surface area (Å²) in [5, 5.41) is 6.30. The molecule has 130 valence electrons. The van der Waals surface area contributed by atoms with Crippen LogP contribution in [0.1, 0.15) is 25.1 Å². The molecule has 0 unspecified atom stereocenters. The first-order chi connectivity index (χ1) is 11.7.